The fourth-order valence-electron chi connectivity index (χ4n) is 5.21. The van der Waals surface area contributed by atoms with Crippen molar-refractivity contribution in [1.29, 1.82) is 0 Å². The predicted molar refractivity (Wildman–Crippen MR) is 178 cm³/mol. The first-order valence-electron chi connectivity index (χ1n) is 15.8. The van der Waals surface area contributed by atoms with E-state index in [1.54, 1.807) is 25.7 Å². The van der Waals surface area contributed by atoms with Gasteiger partial charge in [-0.2, -0.15) is 0 Å². The molecule has 0 radical (unpaired) electrons. The summed E-state index contributed by atoms with van der Waals surface area (Å²) in [4.78, 5) is 43.7. The third-order valence-electron chi connectivity index (χ3n) is 7.50. The summed E-state index contributed by atoms with van der Waals surface area (Å²) in [5, 5.41) is 5.95. The summed E-state index contributed by atoms with van der Waals surface area (Å²) >= 11 is 0. The number of carbonyl (C=O) groups excluding carboxylic acids is 3. The van der Waals surface area contributed by atoms with Gasteiger partial charge in [0.1, 0.15) is 17.7 Å². The first-order valence-corrected chi connectivity index (χ1v) is 15.8. The largest absolute Gasteiger partial charge is 0.444 e. The molecule has 0 aliphatic rings. The lowest BCUT2D eigenvalue weighted by Crippen LogP contribution is -2.53. The Kier molecular flexibility index (Phi) is 13.0. The molecule has 44 heavy (non-hydrogen) atoms. The van der Waals surface area contributed by atoms with E-state index in [1.807, 2.05) is 92.7 Å². The second-order valence-corrected chi connectivity index (χ2v) is 12.4. The van der Waals surface area contributed by atoms with Crippen molar-refractivity contribution in [3.8, 4) is 0 Å². The Morgan fingerprint density at radius 3 is 2.05 bits per heavy atom. The zero-order valence-electron chi connectivity index (χ0n) is 27.2. The number of alkyl carbamates (subject to hydrolysis) is 1. The third kappa shape index (κ3) is 10.5. The lowest BCUT2D eigenvalue weighted by atomic mass is 9.96. The van der Waals surface area contributed by atoms with Crippen LogP contribution >= 0.6 is 0 Å². The van der Waals surface area contributed by atoms with Gasteiger partial charge < -0.3 is 20.3 Å². The minimum Gasteiger partial charge on any atom is -0.444 e. The molecule has 3 amide bonds. The second-order valence-electron chi connectivity index (χ2n) is 12.4. The number of hydrogen-bond acceptors (Lipinski definition) is 4. The van der Waals surface area contributed by atoms with E-state index in [0.29, 0.717) is 12.2 Å². The Morgan fingerprint density at radius 1 is 0.795 bits per heavy atom. The first kappa shape index (κ1) is 34.4. The predicted octanol–water partition coefficient (Wildman–Crippen LogP) is 7.92. The molecule has 3 aromatic carbocycles. The molecule has 7 nitrogen and oxygen atoms in total. The van der Waals surface area contributed by atoms with Crippen LogP contribution in [0.15, 0.2) is 78.9 Å². The smallest absolute Gasteiger partial charge is 0.408 e. The Labute approximate surface area is 263 Å². The van der Waals surface area contributed by atoms with Crippen LogP contribution < -0.4 is 10.6 Å². The maximum atomic E-state index is 14.7. The highest BCUT2D eigenvalue weighted by molar-refractivity contribution is 5.99. The zero-order chi connectivity index (χ0) is 32.1. The van der Waals surface area contributed by atoms with Gasteiger partial charge in [0.25, 0.3) is 5.91 Å². The van der Waals surface area contributed by atoms with Crippen molar-refractivity contribution in [3.63, 3.8) is 0 Å². The number of nitrogens with zero attached hydrogens (tertiary/aromatic N) is 1. The Balaban J connectivity index is 2.07. The summed E-state index contributed by atoms with van der Waals surface area (Å²) in [7, 11) is 0. The van der Waals surface area contributed by atoms with Gasteiger partial charge in [-0.3, -0.25) is 9.59 Å². The van der Waals surface area contributed by atoms with Gasteiger partial charge in [0.15, 0.2) is 0 Å². The van der Waals surface area contributed by atoms with E-state index in [0.717, 1.165) is 54.4 Å². The fourth-order valence-corrected chi connectivity index (χ4v) is 5.21. The normalized spacial score (nSPS) is 12.6. The molecule has 0 spiro atoms. The van der Waals surface area contributed by atoms with Crippen molar-refractivity contribution < 1.29 is 19.1 Å². The molecule has 0 bridgehead atoms. The van der Waals surface area contributed by atoms with Gasteiger partial charge in [-0.15, -0.1) is 0 Å². The summed E-state index contributed by atoms with van der Waals surface area (Å²) in [5.41, 5.74) is 3.42. The van der Waals surface area contributed by atoms with E-state index in [1.165, 1.54) is 0 Å². The van der Waals surface area contributed by atoms with Crippen LogP contribution in [0.1, 0.15) is 88.1 Å². The lowest BCUT2D eigenvalue weighted by Gasteiger charge is -2.35. The van der Waals surface area contributed by atoms with Crippen LogP contribution in [0.25, 0.3) is 0 Å². The van der Waals surface area contributed by atoms with Gasteiger partial charge in [-0.1, -0.05) is 105 Å². The number of aryl methyl sites for hydroxylation is 2. The molecule has 2 unspecified atom stereocenters. The quantitative estimate of drug-likeness (QED) is 0.184. The lowest BCUT2D eigenvalue weighted by molar-refractivity contribution is -0.140. The highest BCUT2D eigenvalue weighted by Gasteiger charge is 2.37. The summed E-state index contributed by atoms with van der Waals surface area (Å²) in [6.07, 6.45) is 4.51. The number of para-hydroxylation sites is 1. The van der Waals surface area contributed by atoms with Crippen molar-refractivity contribution >= 4 is 23.6 Å². The van der Waals surface area contributed by atoms with E-state index in [2.05, 4.69) is 17.6 Å². The van der Waals surface area contributed by atoms with Crippen LogP contribution in [-0.4, -0.2) is 41.0 Å². The van der Waals surface area contributed by atoms with Gasteiger partial charge in [-0.25, -0.2) is 4.79 Å². The number of anilines is 1. The molecule has 3 rings (SSSR count). The molecule has 0 aromatic heterocycles. The second kappa shape index (κ2) is 16.6. The number of unbranched alkanes of at least 4 members (excludes halogenated alkanes) is 4. The molecule has 0 aliphatic carbocycles. The standard InChI is InChI=1S/C37H49N3O4/c1-7-8-9-10-18-25-40(35(42)32(26-29-21-12-11-13-22-29)39-36(43)44-37(4,5)6)33(30-23-16-14-19-27(30)2)34(41)38-31-24-17-15-20-28(31)3/h11-17,19-24,32-33H,7-10,18,25-26H2,1-6H3,(H,38,41)(H,39,43). The molecule has 0 aliphatic heterocycles. The number of amides is 3. The van der Waals surface area contributed by atoms with E-state index < -0.39 is 23.8 Å². The van der Waals surface area contributed by atoms with Gasteiger partial charge in [0, 0.05) is 18.7 Å². The van der Waals surface area contributed by atoms with Gasteiger partial charge in [-0.05, 0) is 69.4 Å². The molecule has 3 aromatic rings. The molecule has 236 valence electrons. The van der Waals surface area contributed by atoms with Crippen LogP contribution in [0.5, 0.6) is 0 Å². The molecule has 0 heterocycles. The summed E-state index contributed by atoms with van der Waals surface area (Å²) in [6.45, 7) is 11.8. The Bertz CT molecular complexity index is 1370. The zero-order valence-corrected chi connectivity index (χ0v) is 27.2. The summed E-state index contributed by atoms with van der Waals surface area (Å²) in [6, 6.07) is 23.0. The number of benzene rings is 3. The van der Waals surface area contributed by atoms with Crippen molar-refractivity contribution in [2.75, 3.05) is 11.9 Å². The summed E-state index contributed by atoms with van der Waals surface area (Å²) < 4.78 is 5.57. The molecule has 0 fully saturated rings. The van der Waals surface area contributed by atoms with Crippen LogP contribution in [0.2, 0.25) is 0 Å². The van der Waals surface area contributed by atoms with Crippen LogP contribution in [-0.2, 0) is 20.7 Å². The van der Waals surface area contributed by atoms with Gasteiger partial charge in [0.2, 0.25) is 5.91 Å². The van der Waals surface area contributed by atoms with Crippen LogP contribution in [0, 0.1) is 13.8 Å². The number of nitrogens with one attached hydrogen (secondary N) is 2. The number of hydrogen-bond donors (Lipinski definition) is 2. The monoisotopic (exact) mass is 599 g/mol. The van der Waals surface area contributed by atoms with E-state index in [4.69, 9.17) is 4.74 Å². The fraction of sp³-hybridized carbons (Fsp3) is 0.432. The molecule has 2 N–H and O–H groups in total. The topological polar surface area (TPSA) is 87.7 Å². The van der Waals surface area contributed by atoms with E-state index in [-0.39, 0.29) is 18.2 Å². The van der Waals surface area contributed by atoms with E-state index in [9.17, 15) is 14.4 Å². The molecule has 0 saturated carbocycles. The minimum absolute atomic E-state index is 0.255. The average Bonchev–Trinajstić information content (AvgIpc) is 2.97. The Morgan fingerprint density at radius 2 is 1.41 bits per heavy atom. The SMILES string of the molecule is CCCCCCCN(C(=O)C(Cc1ccccc1)NC(=O)OC(C)(C)C)C(C(=O)Nc1ccccc1C)c1ccccc1C. The highest BCUT2D eigenvalue weighted by atomic mass is 16.6. The highest BCUT2D eigenvalue weighted by Crippen LogP contribution is 2.29. The van der Waals surface area contributed by atoms with Gasteiger partial charge >= 0.3 is 6.09 Å². The molecule has 2 atom stereocenters. The van der Waals surface area contributed by atoms with Crippen molar-refractivity contribution in [3.05, 3.63) is 101 Å². The molecular weight excluding hydrogens is 550 g/mol. The third-order valence-corrected chi connectivity index (χ3v) is 7.50. The van der Waals surface area contributed by atoms with Crippen molar-refractivity contribution in [2.24, 2.45) is 0 Å². The van der Waals surface area contributed by atoms with Crippen LogP contribution in [0.4, 0.5) is 10.5 Å². The van der Waals surface area contributed by atoms with E-state index >= 15 is 0 Å². The molecule has 7 heteroatoms. The first-order chi connectivity index (χ1) is 21.0. The molecular formula is C37H49N3O4. The van der Waals surface area contributed by atoms with Crippen molar-refractivity contribution in [2.45, 2.75) is 97.8 Å². The average molecular weight is 600 g/mol. The Hall–Kier alpha value is -4.13. The maximum Gasteiger partial charge on any atom is 0.408 e. The van der Waals surface area contributed by atoms with Gasteiger partial charge in [0.05, 0.1) is 0 Å². The molecule has 0 saturated heterocycles. The van der Waals surface area contributed by atoms with Crippen molar-refractivity contribution in [1.82, 2.24) is 10.2 Å². The maximum absolute atomic E-state index is 14.7. The summed E-state index contributed by atoms with van der Waals surface area (Å²) in [5.74, 6) is -0.630. The van der Waals surface area contributed by atoms with Crippen LogP contribution in [0.3, 0.4) is 0 Å². The number of rotatable bonds is 14. The number of carbonyl (C=O) groups is 3. The number of ether oxygens (including phenoxy) is 1. The minimum atomic E-state index is -0.944.